The number of aromatic carboxylic acids is 1. The van der Waals surface area contributed by atoms with E-state index in [-0.39, 0.29) is 24.6 Å². The van der Waals surface area contributed by atoms with Crippen LogP contribution in [0.15, 0.2) is 36.0 Å². The normalized spacial score (nSPS) is 9.90. The number of carbonyl (C=O) groups is 1. The van der Waals surface area contributed by atoms with Crippen LogP contribution >= 0.6 is 23.7 Å². The second-order valence-electron chi connectivity index (χ2n) is 5.96. The van der Waals surface area contributed by atoms with Crippen LogP contribution in [0.5, 0.6) is 5.75 Å². The maximum atomic E-state index is 10.7. The third kappa shape index (κ3) is 6.67. The molecule has 2 aromatic heterocycles. The number of carboxylic acid groups (broad SMARTS) is 1. The predicted molar refractivity (Wildman–Crippen MR) is 110 cm³/mol. The molecular weight excluding hydrogens is 416 g/mol. The van der Waals surface area contributed by atoms with Gasteiger partial charge >= 0.3 is 5.97 Å². The van der Waals surface area contributed by atoms with Gasteiger partial charge in [0, 0.05) is 26.1 Å². The number of nitrogen functional groups attached to an aromatic ring is 1. The molecule has 156 valence electrons. The molecule has 8 nitrogen and oxygen atoms in total. The van der Waals surface area contributed by atoms with E-state index in [0.717, 1.165) is 11.3 Å². The Morgan fingerprint density at radius 2 is 2.00 bits per heavy atom. The fourth-order valence-corrected chi connectivity index (χ4v) is 3.39. The largest absolute Gasteiger partial charge is 0.872 e. The molecule has 0 saturated carbocycles. The van der Waals surface area contributed by atoms with Gasteiger partial charge in [0.25, 0.3) is 0 Å². The molecule has 0 aliphatic rings. The van der Waals surface area contributed by atoms with Crippen molar-refractivity contribution in [2.75, 3.05) is 12.3 Å². The van der Waals surface area contributed by atoms with E-state index in [1.54, 1.807) is 17.5 Å². The highest BCUT2D eigenvalue weighted by Gasteiger charge is 2.17. The topological polar surface area (TPSA) is 136 Å². The summed E-state index contributed by atoms with van der Waals surface area (Å²) in [6.07, 6.45) is 2.47. The van der Waals surface area contributed by atoms with Crippen molar-refractivity contribution in [3.63, 3.8) is 0 Å². The first kappa shape index (κ1) is 24.3. The molecule has 3 rings (SSSR count). The Morgan fingerprint density at radius 3 is 2.55 bits per heavy atom. The van der Waals surface area contributed by atoms with Crippen molar-refractivity contribution in [2.45, 2.75) is 26.8 Å². The monoisotopic (exact) mass is 438 g/mol. The summed E-state index contributed by atoms with van der Waals surface area (Å²) in [5.41, 5.74) is 9.83. The number of aliphatic hydroxyl groups is 1. The average molecular weight is 439 g/mol. The summed E-state index contributed by atoms with van der Waals surface area (Å²) in [4.78, 5) is 19.7. The maximum absolute atomic E-state index is 10.7. The number of rotatable bonds is 5. The lowest BCUT2D eigenvalue weighted by atomic mass is 10.2. The molecule has 3 aromatic rings. The fraction of sp³-hybridized carbons (Fsp3) is 0.263. The van der Waals surface area contributed by atoms with Crippen molar-refractivity contribution >= 4 is 35.5 Å². The molecule has 0 bridgehead atoms. The summed E-state index contributed by atoms with van der Waals surface area (Å²) in [6.45, 7) is 4.71. The lowest BCUT2D eigenvalue weighted by Gasteiger charge is -2.07. The molecule has 0 amide bonds. The number of thiazole rings is 1. The van der Waals surface area contributed by atoms with Crippen LogP contribution < -0.4 is 15.4 Å². The highest BCUT2D eigenvalue weighted by Crippen LogP contribution is 2.14. The third-order valence-corrected chi connectivity index (χ3v) is 5.12. The molecule has 0 fully saturated rings. The molecular formula is C19H23ClN4O4S. The molecule has 0 aliphatic carbocycles. The highest BCUT2D eigenvalue weighted by atomic mass is 35.5. The molecule has 0 atom stereocenters. The Labute approximate surface area is 178 Å². The predicted octanol–water partition coefficient (Wildman–Crippen LogP) is 1.49. The van der Waals surface area contributed by atoms with Crippen molar-refractivity contribution < 1.29 is 24.7 Å². The molecule has 29 heavy (non-hydrogen) atoms. The van der Waals surface area contributed by atoms with E-state index in [1.165, 1.54) is 29.1 Å². The van der Waals surface area contributed by atoms with E-state index >= 15 is 0 Å². The van der Waals surface area contributed by atoms with Crippen LogP contribution in [-0.2, 0) is 13.0 Å². The Bertz CT molecular complexity index is 965. The van der Waals surface area contributed by atoms with Crippen LogP contribution in [0.1, 0.15) is 32.3 Å². The minimum Gasteiger partial charge on any atom is -0.872 e. The number of nitrogens with two attached hydrogens (primary N) is 1. The van der Waals surface area contributed by atoms with Gasteiger partial charge in [0.1, 0.15) is 11.6 Å². The van der Waals surface area contributed by atoms with Crippen LogP contribution in [0.25, 0.3) is 0 Å². The minimum absolute atomic E-state index is 0. The summed E-state index contributed by atoms with van der Waals surface area (Å²) in [7, 11) is 0. The van der Waals surface area contributed by atoms with Gasteiger partial charge in [-0.25, -0.2) is 14.8 Å². The minimum atomic E-state index is -1.18. The van der Waals surface area contributed by atoms with Crippen molar-refractivity contribution in [2.24, 2.45) is 0 Å². The van der Waals surface area contributed by atoms with Crippen molar-refractivity contribution in [3.8, 4) is 5.75 Å². The first-order chi connectivity index (χ1) is 13.3. The third-order valence-electron chi connectivity index (χ3n) is 3.97. The molecule has 10 heteroatoms. The number of benzene rings is 1. The van der Waals surface area contributed by atoms with Crippen LogP contribution in [0.3, 0.4) is 0 Å². The van der Waals surface area contributed by atoms with E-state index < -0.39 is 11.7 Å². The van der Waals surface area contributed by atoms with E-state index in [0.29, 0.717) is 24.6 Å². The van der Waals surface area contributed by atoms with Gasteiger partial charge in [-0.2, -0.15) is 4.57 Å². The van der Waals surface area contributed by atoms with Crippen molar-refractivity contribution in [1.82, 2.24) is 9.97 Å². The number of halogens is 1. The summed E-state index contributed by atoms with van der Waals surface area (Å²) in [6, 6.07) is 5.54. The zero-order chi connectivity index (χ0) is 20.7. The smallest absolute Gasteiger partial charge is 0.335 e. The Hall–Kier alpha value is -2.75. The lowest BCUT2D eigenvalue weighted by molar-refractivity contribution is -0.689. The quantitative estimate of drug-likeness (QED) is 0.513. The number of hydrogen-bond acceptors (Lipinski definition) is 7. The summed E-state index contributed by atoms with van der Waals surface area (Å²) in [5.74, 6) is -0.408. The molecule has 0 unspecified atom stereocenters. The van der Waals surface area contributed by atoms with Gasteiger partial charge < -0.3 is 21.1 Å². The summed E-state index contributed by atoms with van der Waals surface area (Å²) in [5, 5.41) is 28.0. The van der Waals surface area contributed by atoms with Crippen molar-refractivity contribution in [1.29, 1.82) is 0 Å². The molecule has 2 heterocycles. The molecule has 0 aliphatic heterocycles. The zero-order valence-electron chi connectivity index (χ0n) is 16.0. The van der Waals surface area contributed by atoms with Gasteiger partial charge in [-0.15, -0.1) is 12.4 Å². The number of para-hydroxylation sites is 1. The van der Waals surface area contributed by atoms with Crippen LogP contribution in [-0.4, -0.2) is 32.8 Å². The maximum Gasteiger partial charge on any atom is 0.335 e. The number of aryl methyl sites for hydroxylation is 1. The zero-order valence-corrected chi connectivity index (χ0v) is 17.7. The molecule has 1 aromatic carbocycles. The standard InChI is InChI=1S/C12H17N4OS.C7H6O3.ClH/c1-8-11(3-4-17)18-7-16(8)6-10-5-14-9(2)15-12(10)13;8-6-4-2-1-3-5(6)7(9)10;/h5,7,17H,3-4,6H2,1-2H3,(H2,13,14,15);1-4,8H,(H,9,10);1H/q+1;;/p-1. The van der Waals surface area contributed by atoms with Gasteiger partial charge in [0.05, 0.1) is 16.0 Å². The van der Waals surface area contributed by atoms with Gasteiger partial charge in [0.15, 0.2) is 12.2 Å². The van der Waals surface area contributed by atoms with E-state index in [9.17, 15) is 9.90 Å². The van der Waals surface area contributed by atoms with Crippen LogP contribution in [0.2, 0.25) is 0 Å². The number of carboxylic acids is 1. The fourth-order valence-electron chi connectivity index (χ4n) is 2.41. The molecule has 0 spiro atoms. The molecule has 0 saturated heterocycles. The Morgan fingerprint density at radius 1 is 1.31 bits per heavy atom. The first-order valence-electron chi connectivity index (χ1n) is 8.48. The second-order valence-corrected chi connectivity index (χ2v) is 6.90. The Balaban J connectivity index is 0.000000327. The SMILES string of the molecule is Cc1ncc(C[n+]2csc(CCO)c2C)c(N)n1.Cl.O=C(O)c1ccccc1[O-]. The molecule has 0 radical (unpaired) electrons. The van der Waals surface area contributed by atoms with Gasteiger partial charge in [-0.1, -0.05) is 35.3 Å². The van der Waals surface area contributed by atoms with Crippen LogP contribution in [0, 0.1) is 13.8 Å². The van der Waals surface area contributed by atoms with Gasteiger partial charge in [0.2, 0.25) is 5.51 Å². The summed E-state index contributed by atoms with van der Waals surface area (Å²) < 4.78 is 2.11. The first-order valence-corrected chi connectivity index (χ1v) is 9.36. The van der Waals surface area contributed by atoms with E-state index in [1.807, 2.05) is 19.4 Å². The molecule has 4 N–H and O–H groups in total. The van der Waals surface area contributed by atoms with E-state index in [2.05, 4.69) is 14.5 Å². The summed E-state index contributed by atoms with van der Waals surface area (Å²) >= 11 is 1.65. The van der Waals surface area contributed by atoms with E-state index in [4.69, 9.17) is 15.9 Å². The van der Waals surface area contributed by atoms with Crippen LogP contribution in [0.4, 0.5) is 5.82 Å². The van der Waals surface area contributed by atoms with Gasteiger partial charge in [-0.3, -0.25) is 0 Å². The number of anilines is 1. The number of aliphatic hydroxyl groups excluding tert-OH is 1. The Kier molecular flexibility index (Phi) is 9.46. The number of aromatic nitrogens is 3. The average Bonchev–Trinajstić information content (AvgIpc) is 2.98. The second kappa shape index (κ2) is 11.3. The highest BCUT2D eigenvalue weighted by molar-refractivity contribution is 7.09. The lowest BCUT2D eigenvalue weighted by Crippen LogP contribution is -2.35. The number of nitrogens with zero attached hydrogens (tertiary/aromatic N) is 3. The van der Waals surface area contributed by atoms with Gasteiger partial charge in [-0.05, 0) is 13.0 Å². The van der Waals surface area contributed by atoms with Crippen molar-refractivity contribution in [3.05, 3.63) is 63.5 Å². The number of hydrogen-bond donors (Lipinski definition) is 3.